The van der Waals surface area contributed by atoms with Gasteiger partial charge in [-0.1, -0.05) is 13.8 Å². The predicted molar refractivity (Wildman–Crippen MR) is 60.6 cm³/mol. The zero-order chi connectivity index (χ0) is 14.0. The van der Waals surface area contributed by atoms with Crippen LogP contribution in [0.1, 0.15) is 25.1 Å². The van der Waals surface area contributed by atoms with Crippen molar-refractivity contribution in [2.45, 2.75) is 32.6 Å². The Morgan fingerprint density at radius 2 is 2.16 bits per heavy atom. The first-order valence-electron chi connectivity index (χ1n) is 5.66. The molecule has 2 aromatic rings. The van der Waals surface area contributed by atoms with E-state index >= 15 is 0 Å². The first-order valence-corrected chi connectivity index (χ1v) is 5.66. The lowest BCUT2D eigenvalue weighted by Gasteiger charge is -2.03. The van der Waals surface area contributed by atoms with E-state index in [4.69, 9.17) is 4.42 Å². The highest BCUT2D eigenvalue weighted by atomic mass is 19.4. The van der Waals surface area contributed by atoms with E-state index in [9.17, 15) is 13.2 Å². The maximum atomic E-state index is 12.4. The van der Waals surface area contributed by atoms with Gasteiger partial charge in [-0.05, 0) is 0 Å². The van der Waals surface area contributed by atoms with Crippen LogP contribution in [-0.4, -0.2) is 20.8 Å². The van der Waals surface area contributed by atoms with Crippen molar-refractivity contribution in [3.8, 4) is 6.01 Å². The summed E-state index contributed by atoms with van der Waals surface area (Å²) in [6.07, 6.45) is -1.46. The fraction of sp³-hybridized carbons (Fsp3) is 0.455. The summed E-state index contributed by atoms with van der Waals surface area (Å²) in [6, 6.07) is 0.290. The fourth-order valence-corrected chi connectivity index (χ4v) is 1.37. The number of oxazole rings is 1. The highest BCUT2D eigenvalue weighted by Gasteiger charge is 2.32. The summed E-state index contributed by atoms with van der Waals surface area (Å²) in [5.41, 5.74) is -0.236. The van der Waals surface area contributed by atoms with Crippen molar-refractivity contribution in [1.82, 2.24) is 20.1 Å². The second-order valence-corrected chi connectivity index (χ2v) is 4.33. The zero-order valence-corrected chi connectivity index (χ0v) is 10.4. The molecule has 2 aromatic heterocycles. The molecule has 0 bridgehead atoms. The van der Waals surface area contributed by atoms with Gasteiger partial charge in [0.25, 0.3) is 0 Å². The molecular weight excluding hydrogens is 261 g/mol. The fourth-order valence-electron chi connectivity index (χ4n) is 1.37. The van der Waals surface area contributed by atoms with E-state index in [0.29, 0.717) is 12.2 Å². The summed E-state index contributed by atoms with van der Waals surface area (Å²) in [4.78, 5) is 4.05. The number of alkyl halides is 3. The molecule has 0 fully saturated rings. The minimum Gasteiger partial charge on any atom is -0.430 e. The Balaban J connectivity index is 2.12. The third-order valence-corrected chi connectivity index (χ3v) is 2.34. The van der Waals surface area contributed by atoms with E-state index in [1.807, 2.05) is 13.8 Å². The van der Waals surface area contributed by atoms with Gasteiger partial charge in [0.2, 0.25) is 0 Å². The molecule has 0 radical (unpaired) electrons. The molecule has 0 spiro atoms. The van der Waals surface area contributed by atoms with Gasteiger partial charge in [0.15, 0.2) is 0 Å². The first kappa shape index (κ1) is 13.6. The molecule has 2 rings (SSSR count). The summed E-state index contributed by atoms with van der Waals surface area (Å²) >= 11 is 0. The minimum atomic E-state index is -4.42. The lowest BCUT2D eigenvalue weighted by Crippen LogP contribution is -2.21. The van der Waals surface area contributed by atoms with Gasteiger partial charge in [0.05, 0.1) is 17.5 Å². The van der Waals surface area contributed by atoms with Crippen LogP contribution >= 0.6 is 0 Å². The maximum Gasteiger partial charge on any atom is 0.419 e. The molecule has 5 nitrogen and oxygen atoms in total. The molecule has 0 amide bonds. The highest BCUT2D eigenvalue weighted by molar-refractivity contribution is 5.16. The Kier molecular flexibility index (Phi) is 3.61. The molecule has 0 aliphatic rings. The summed E-state index contributed by atoms with van der Waals surface area (Å²) in [7, 11) is 0. The maximum absolute atomic E-state index is 12.4. The topological polar surface area (TPSA) is 55.9 Å². The molecule has 104 valence electrons. The summed E-state index contributed by atoms with van der Waals surface area (Å²) in [5.74, 6) is 0. The summed E-state index contributed by atoms with van der Waals surface area (Å²) < 4.78 is 43.3. The standard InChI is InChI=1S/C11H13F3N4O/c1-7(2)15-4-9-6-19-10(17-9)18-5-8(3-16-18)11(12,13)14/h3,5-7,15H,4H2,1-2H3. The first-order chi connectivity index (χ1) is 8.86. The number of nitrogens with one attached hydrogen (secondary N) is 1. The zero-order valence-electron chi connectivity index (χ0n) is 10.4. The van der Waals surface area contributed by atoms with Gasteiger partial charge in [0.1, 0.15) is 6.26 Å². The number of hydrogen-bond donors (Lipinski definition) is 1. The minimum absolute atomic E-state index is 0.0102. The van der Waals surface area contributed by atoms with Gasteiger partial charge in [-0.2, -0.15) is 27.9 Å². The molecule has 1 N–H and O–H groups in total. The summed E-state index contributed by atoms with van der Waals surface area (Å²) in [5, 5.41) is 6.71. The Morgan fingerprint density at radius 3 is 2.74 bits per heavy atom. The monoisotopic (exact) mass is 274 g/mol. The Hall–Kier alpha value is -1.83. The molecule has 0 saturated heterocycles. The molecule has 0 saturated carbocycles. The normalized spacial score (nSPS) is 12.3. The lowest BCUT2D eigenvalue weighted by molar-refractivity contribution is -0.137. The molecular formula is C11H13F3N4O. The van der Waals surface area contributed by atoms with Crippen LogP contribution in [0.2, 0.25) is 0 Å². The second kappa shape index (κ2) is 5.04. The Bertz CT molecular complexity index is 544. The van der Waals surface area contributed by atoms with E-state index in [-0.39, 0.29) is 12.1 Å². The van der Waals surface area contributed by atoms with E-state index < -0.39 is 11.7 Å². The van der Waals surface area contributed by atoms with E-state index in [2.05, 4.69) is 15.4 Å². The van der Waals surface area contributed by atoms with Crippen molar-refractivity contribution >= 4 is 0 Å². The third-order valence-electron chi connectivity index (χ3n) is 2.34. The van der Waals surface area contributed by atoms with Gasteiger partial charge in [-0.15, -0.1) is 0 Å². The van der Waals surface area contributed by atoms with Crippen LogP contribution in [0.15, 0.2) is 23.1 Å². The lowest BCUT2D eigenvalue weighted by atomic mass is 10.4. The van der Waals surface area contributed by atoms with Crippen molar-refractivity contribution < 1.29 is 17.6 Å². The van der Waals surface area contributed by atoms with Crippen molar-refractivity contribution in [1.29, 1.82) is 0 Å². The number of halogens is 3. The van der Waals surface area contributed by atoms with Crippen molar-refractivity contribution in [2.75, 3.05) is 0 Å². The largest absolute Gasteiger partial charge is 0.430 e. The predicted octanol–water partition coefficient (Wildman–Crippen LogP) is 2.38. The summed E-state index contributed by atoms with van der Waals surface area (Å²) in [6.45, 7) is 4.43. The van der Waals surface area contributed by atoms with Crippen LogP contribution < -0.4 is 5.32 Å². The quantitative estimate of drug-likeness (QED) is 0.930. The van der Waals surface area contributed by atoms with Crippen LogP contribution in [0.3, 0.4) is 0 Å². The van der Waals surface area contributed by atoms with Crippen LogP contribution in [0.5, 0.6) is 0 Å². The van der Waals surface area contributed by atoms with Crippen molar-refractivity contribution in [3.05, 3.63) is 29.9 Å². The Morgan fingerprint density at radius 1 is 1.42 bits per heavy atom. The third kappa shape index (κ3) is 3.34. The van der Waals surface area contributed by atoms with Crippen LogP contribution in [-0.2, 0) is 12.7 Å². The molecule has 2 heterocycles. The number of hydrogen-bond acceptors (Lipinski definition) is 4. The van der Waals surface area contributed by atoms with Crippen molar-refractivity contribution in [2.24, 2.45) is 0 Å². The van der Waals surface area contributed by atoms with Gasteiger partial charge in [-0.25, -0.2) is 0 Å². The SMILES string of the molecule is CC(C)NCc1coc(-n2cc(C(F)(F)F)cn2)n1. The average Bonchev–Trinajstić information content (AvgIpc) is 2.94. The van der Waals surface area contributed by atoms with Gasteiger partial charge in [-0.3, -0.25) is 0 Å². The molecule has 0 aliphatic heterocycles. The average molecular weight is 274 g/mol. The number of nitrogens with zero attached hydrogens (tertiary/aromatic N) is 3. The Labute approximate surface area is 107 Å². The second-order valence-electron chi connectivity index (χ2n) is 4.33. The van der Waals surface area contributed by atoms with Gasteiger partial charge >= 0.3 is 12.2 Å². The smallest absolute Gasteiger partial charge is 0.419 e. The van der Waals surface area contributed by atoms with Gasteiger partial charge in [0, 0.05) is 18.8 Å². The molecule has 0 atom stereocenters. The molecule has 19 heavy (non-hydrogen) atoms. The molecule has 0 aromatic carbocycles. The highest BCUT2D eigenvalue weighted by Crippen LogP contribution is 2.28. The van der Waals surface area contributed by atoms with Gasteiger partial charge < -0.3 is 9.73 Å². The van der Waals surface area contributed by atoms with E-state index in [1.54, 1.807) is 0 Å². The number of rotatable bonds is 4. The van der Waals surface area contributed by atoms with Crippen molar-refractivity contribution in [3.63, 3.8) is 0 Å². The van der Waals surface area contributed by atoms with Crippen LogP contribution in [0.25, 0.3) is 6.01 Å². The van der Waals surface area contributed by atoms with E-state index in [0.717, 1.165) is 17.1 Å². The number of aromatic nitrogens is 3. The molecule has 0 unspecified atom stereocenters. The molecule has 8 heteroatoms. The van der Waals surface area contributed by atoms with E-state index in [1.165, 1.54) is 6.26 Å². The molecule has 0 aliphatic carbocycles. The van der Waals surface area contributed by atoms with Crippen LogP contribution in [0.4, 0.5) is 13.2 Å². The van der Waals surface area contributed by atoms with Crippen LogP contribution in [0, 0.1) is 0 Å².